The van der Waals surface area contributed by atoms with Crippen LogP contribution in [0.4, 0.5) is 0 Å². The summed E-state index contributed by atoms with van der Waals surface area (Å²) in [6, 6.07) is 1.06. The van der Waals surface area contributed by atoms with Crippen molar-refractivity contribution < 1.29 is 4.79 Å². The summed E-state index contributed by atoms with van der Waals surface area (Å²) in [5.74, 6) is 0.366. The van der Waals surface area contributed by atoms with Crippen LogP contribution >= 0.6 is 12.4 Å². The average Bonchev–Trinajstić information content (AvgIpc) is 2.54. The van der Waals surface area contributed by atoms with E-state index in [4.69, 9.17) is 0 Å². The molecule has 0 unspecified atom stereocenters. The first-order valence-corrected chi connectivity index (χ1v) is 9.34. The van der Waals surface area contributed by atoms with Gasteiger partial charge in [-0.3, -0.25) is 4.79 Å². The minimum absolute atomic E-state index is 0. The topological polar surface area (TPSA) is 32.3 Å². The Balaban J connectivity index is 0.00000242. The van der Waals surface area contributed by atoms with E-state index in [0.717, 1.165) is 6.54 Å². The molecule has 0 radical (unpaired) electrons. The third-order valence-electron chi connectivity index (χ3n) is 5.21. The standard InChI is InChI=1S/C18H34N2O.ClH/c1-2-3-14-19-15-18(21)20(16-10-6-4-7-11-16)17-12-8-5-9-13-17;/h16-17,19H,2-15H2,1H3;1H. The zero-order chi connectivity index (χ0) is 14.9. The first-order chi connectivity index (χ1) is 10.3. The molecule has 1 amide bonds. The Morgan fingerprint density at radius 1 is 0.955 bits per heavy atom. The molecule has 0 spiro atoms. The average molecular weight is 331 g/mol. The van der Waals surface area contributed by atoms with Gasteiger partial charge in [-0.2, -0.15) is 0 Å². The molecule has 22 heavy (non-hydrogen) atoms. The summed E-state index contributed by atoms with van der Waals surface area (Å²) in [4.78, 5) is 15.1. The quantitative estimate of drug-likeness (QED) is 0.706. The maximum Gasteiger partial charge on any atom is 0.237 e. The number of hydrogen-bond acceptors (Lipinski definition) is 2. The number of nitrogens with zero attached hydrogens (tertiary/aromatic N) is 1. The predicted molar refractivity (Wildman–Crippen MR) is 95.6 cm³/mol. The largest absolute Gasteiger partial charge is 0.336 e. The van der Waals surface area contributed by atoms with Crippen LogP contribution in [-0.2, 0) is 4.79 Å². The molecule has 0 bridgehead atoms. The Labute approximate surface area is 143 Å². The highest BCUT2D eigenvalue weighted by molar-refractivity contribution is 5.85. The van der Waals surface area contributed by atoms with Crippen LogP contribution in [0.2, 0.25) is 0 Å². The molecule has 2 aliphatic carbocycles. The maximum absolute atomic E-state index is 12.8. The Hall–Kier alpha value is -0.280. The fourth-order valence-corrected chi connectivity index (χ4v) is 4.01. The lowest BCUT2D eigenvalue weighted by molar-refractivity contribution is -0.137. The van der Waals surface area contributed by atoms with Gasteiger partial charge in [0.15, 0.2) is 0 Å². The van der Waals surface area contributed by atoms with Crippen LogP contribution in [0.15, 0.2) is 0 Å². The molecular formula is C18H35ClN2O. The summed E-state index contributed by atoms with van der Waals surface area (Å²) in [6.07, 6.45) is 15.2. The summed E-state index contributed by atoms with van der Waals surface area (Å²) in [7, 11) is 0. The fraction of sp³-hybridized carbons (Fsp3) is 0.944. The van der Waals surface area contributed by atoms with E-state index in [9.17, 15) is 4.79 Å². The highest BCUT2D eigenvalue weighted by atomic mass is 35.5. The van der Waals surface area contributed by atoms with Crippen LogP contribution in [0.1, 0.15) is 84.0 Å². The Kier molecular flexibility index (Phi) is 10.1. The molecule has 2 aliphatic rings. The Bertz CT molecular complexity index is 281. The van der Waals surface area contributed by atoms with Gasteiger partial charge in [0.2, 0.25) is 5.91 Å². The van der Waals surface area contributed by atoms with Crippen molar-refractivity contribution in [2.75, 3.05) is 13.1 Å². The van der Waals surface area contributed by atoms with Gasteiger partial charge < -0.3 is 10.2 Å². The van der Waals surface area contributed by atoms with Crippen molar-refractivity contribution in [1.82, 2.24) is 10.2 Å². The molecule has 3 nitrogen and oxygen atoms in total. The maximum atomic E-state index is 12.8. The molecular weight excluding hydrogens is 296 g/mol. The molecule has 4 heteroatoms. The molecule has 0 saturated heterocycles. The van der Waals surface area contributed by atoms with Crippen molar-refractivity contribution in [1.29, 1.82) is 0 Å². The van der Waals surface area contributed by atoms with Crippen molar-refractivity contribution in [2.24, 2.45) is 0 Å². The van der Waals surface area contributed by atoms with E-state index in [-0.39, 0.29) is 12.4 Å². The fourth-order valence-electron chi connectivity index (χ4n) is 4.01. The monoisotopic (exact) mass is 330 g/mol. The van der Waals surface area contributed by atoms with E-state index in [0.29, 0.717) is 24.5 Å². The second-order valence-electron chi connectivity index (χ2n) is 6.92. The van der Waals surface area contributed by atoms with Crippen molar-refractivity contribution in [3.8, 4) is 0 Å². The van der Waals surface area contributed by atoms with E-state index < -0.39 is 0 Å². The van der Waals surface area contributed by atoms with Gasteiger partial charge in [0.1, 0.15) is 0 Å². The third-order valence-corrected chi connectivity index (χ3v) is 5.21. The number of rotatable bonds is 7. The highest BCUT2D eigenvalue weighted by Gasteiger charge is 2.31. The minimum Gasteiger partial charge on any atom is -0.336 e. The number of nitrogens with one attached hydrogen (secondary N) is 1. The van der Waals surface area contributed by atoms with Crippen molar-refractivity contribution >= 4 is 18.3 Å². The van der Waals surface area contributed by atoms with Gasteiger partial charge in [-0.15, -0.1) is 12.4 Å². The molecule has 0 aromatic heterocycles. The van der Waals surface area contributed by atoms with Gasteiger partial charge in [0.25, 0.3) is 0 Å². The van der Waals surface area contributed by atoms with Gasteiger partial charge in [-0.05, 0) is 38.6 Å². The smallest absolute Gasteiger partial charge is 0.237 e. The zero-order valence-electron chi connectivity index (χ0n) is 14.3. The molecule has 0 aliphatic heterocycles. The van der Waals surface area contributed by atoms with Gasteiger partial charge in [-0.1, -0.05) is 51.9 Å². The number of carbonyl (C=O) groups is 1. The molecule has 0 atom stereocenters. The second-order valence-corrected chi connectivity index (χ2v) is 6.92. The molecule has 2 fully saturated rings. The van der Waals surface area contributed by atoms with E-state index in [1.807, 2.05) is 0 Å². The highest BCUT2D eigenvalue weighted by Crippen LogP contribution is 2.30. The van der Waals surface area contributed by atoms with Gasteiger partial charge in [0.05, 0.1) is 6.54 Å². The SMILES string of the molecule is CCCCNCC(=O)N(C1CCCCC1)C1CCCCC1.Cl. The number of hydrogen-bond donors (Lipinski definition) is 1. The normalized spacial score (nSPS) is 20.4. The van der Waals surface area contributed by atoms with Crippen molar-refractivity contribution in [3.63, 3.8) is 0 Å². The minimum atomic E-state index is 0. The number of amides is 1. The second kappa shape index (κ2) is 11.3. The molecule has 2 saturated carbocycles. The summed E-state index contributed by atoms with van der Waals surface area (Å²) >= 11 is 0. The van der Waals surface area contributed by atoms with Crippen LogP contribution in [-0.4, -0.2) is 36.0 Å². The Morgan fingerprint density at radius 2 is 1.45 bits per heavy atom. The summed E-state index contributed by atoms with van der Waals surface area (Å²) < 4.78 is 0. The molecule has 0 aromatic rings. The Morgan fingerprint density at radius 3 is 1.91 bits per heavy atom. The van der Waals surface area contributed by atoms with Crippen LogP contribution in [0.5, 0.6) is 0 Å². The molecule has 130 valence electrons. The number of halogens is 1. The van der Waals surface area contributed by atoms with Crippen LogP contribution in [0.3, 0.4) is 0 Å². The van der Waals surface area contributed by atoms with Crippen LogP contribution in [0, 0.1) is 0 Å². The van der Waals surface area contributed by atoms with Crippen molar-refractivity contribution in [2.45, 2.75) is 96.1 Å². The molecule has 0 heterocycles. The van der Waals surface area contributed by atoms with Crippen LogP contribution in [0.25, 0.3) is 0 Å². The number of carbonyl (C=O) groups excluding carboxylic acids is 1. The van der Waals surface area contributed by atoms with Crippen LogP contribution < -0.4 is 5.32 Å². The lowest BCUT2D eigenvalue weighted by atomic mass is 9.88. The first-order valence-electron chi connectivity index (χ1n) is 9.34. The zero-order valence-corrected chi connectivity index (χ0v) is 15.1. The van der Waals surface area contributed by atoms with E-state index >= 15 is 0 Å². The summed E-state index contributed by atoms with van der Waals surface area (Å²) in [6.45, 7) is 3.72. The van der Waals surface area contributed by atoms with E-state index in [2.05, 4.69) is 17.1 Å². The van der Waals surface area contributed by atoms with E-state index in [1.165, 1.54) is 77.0 Å². The molecule has 0 aromatic carbocycles. The summed E-state index contributed by atoms with van der Waals surface area (Å²) in [5, 5.41) is 3.35. The molecule has 1 N–H and O–H groups in total. The van der Waals surface area contributed by atoms with Gasteiger partial charge in [0, 0.05) is 12.1 Å². The lowest BCUT2D eigenvalue weighted by Gasteiger charge is -2.42. The predicted octanol–water partition coefficient (Wildman–Crippen LogP) is 4.29. The molecule has 2 rings (SSSR count). The van der Waals surface area contributed by atoms with Crippen molar-refractivity contribution in [3.05, 3.63) is 0 Å². The van der Waals surface area contributed by atoms with E-state index in [1.54, 1.807) is 0 Å². The first kappa shape index (κ1) is 19.8. The number of unbranched alkanes of at least 4 members (excludes halogenated alkanes) is 1. The summed E-state index contributed by atoms with van der Waals surface area (Å²) in [5.41, 5.74) is 0. The third kappa shape index (κ3) is 6.08. The lowest BCUT2D eigenvalue weighted by Crippen LogP contribution is -2.51. The van der Waals surface area contributed by atoms with Gasteiger partial charge >= 0.3 is 0 Å². The van der Waals surface area contributed by atoms with Gasteiger partial charge in [-0.25, -0.2) is 0 Å².